The van der Waals surface area contributed by atoms with Gasteiger partial charge >= 0.3 is 5.69 Å². The van der Waals surface area contributed by atoms with Crippen LogP contribution in [0.1, 0.15) is 48.0 Å². The molecule has 0 spiro atoms. The number of thiophene rings is 1. The summed E-state index contributed by atoms with van der Waals surface area (Å²) in [5, 5.41) is 14.2. The number of anilines is 1. The van der Waals surface area contributed by atoms with E-state index in [9.17, 15) is 19.7 Å². The second kappa shape index (κ2) is 8.43. The van der Waals surface area contributed by atoms with E-state index in [1.165, 1.54) is 29.5 Å². The summed E-state index contributed by atoms with van der Waals surface area (Å²) in [6.07, 6.45) is 2.54. The summed E-state index contributed by atoms with van der Waals surface area (Å²) in [6.45, 7) is 6.19. The van der Waals surface area contributed by atoms with E-state index in [2.05, 4.69) is 26.1 Å². The summed E-state index contributed by atoms with van der Waals surface area (Å²) in [6, 6.07) is 5.84. The van der Waals surface area contributed by atoms with Crippen LogP contribution in [-0.4, -0.2) is 23.3 Å². The van der Waals surface area contributed by atoms with E-state index in [-0.39, 0.29) is 16.9 Å². The van der Waals surface area contributed by atoms with Crippen molar-refractivity contribution in [3.05, 3.63) is 50.4 Å². The van der Waals surface area contributed by atoms with Crippen LogP contribution in [0.2, 0.25) is 0 Å². The van der Waals surface area contributed by atoms with E-state index < -0.39 is 23.3 Å². The Kier molecular flexibility index (Phi) is 6.12. The maximum absolute atomic E-state index is 12.4. The van der Waals surface area contributed by atoms with Crippen molar-refractivity contribution in [1.82, 2.24) is 0 Å². The summed E-state index contributed by atoms with van der Waals surface area (Å²) in [7, 11) is 0. The lowest BCUT2D eigenvalue weighted by Gasteiger charge is -2.33. The number of para-hydroxylation sites is 2. The maximum atomic E-state index is 12.4. The van der Waals surface area contributed by atoms with Crippen LogP contribution in [0.5, 0.6) is 5.75 Å². The second-order valence-corrected chi connectivity index (χ2v) is 9.54. The Morgan fingerprint density at radius 1 is 1.33 bits per heavy atom. The van der Waals surface area contributed by atoms with Gasteiger partial charge in [-0.1, -0.05) is 32.9 Å². The number of nitrogens with one attached hydrogen (secondary N) is 1. The lowest BCUT2D eigenvalue weighted by molar-refractivity contribution is -0.385. The first-order valence-corrected chi connectivity index (χ1v) is 10.5. The normalized spacial score (nSPS) is 15.9. The highest BCUT2D eigenvalue weighted by molar-refractivity contribution is 7.17. The van der Waals surface area contributed by atoms with Crippen molar-refractivity contribution in [3.8, 4) is 5.75 Å². The van der Waals surface area contributed by atoms with Gasteiger partial charge in [0.1, 0.15) is 5.00 Å². The van der Waals surface area contributed by atoms with E-state index >= 15 is 0 Å². The average Bonchev–Trinajstić information content (AvgIpc) is 3.02. The van der Waals surface area contributed by atoms with Gasteiger partial charge < -0.3 is 15.8 Å². The van der Waals surface area contributed by atoms with Crippen LogP contribution >= 0.6 is 11.3 Å². The van der Waals surface area contributed by atoms with Crippen molar-refractivity contribution in [2.45, 2.75) is 40.0 Å². The van der Waals surface area contributed by atoms with Crippen molar-refractivity contribution in [2.75, 3.05) is 11.9 Å². The minimum atomic E-state index is -0.573. The Morgan fingerprint density at radius 3 is 2.67 bits per heavy atom. The van der Waals surface area contributed by atoms with E-state index in [0.29, 0.717) is 16.5 Å². The van der Waals surface area contributed by atoms with Crippen molar-refractivity contribution in [3.63, 3.8) is 0 Å². The van der Waals surface area contributed by atoms with Gasteiger partial charge in [-0.25, -0.2) is 0 Å². The topological polar surface area (TPSA) is 125 Å². The number of nitrogens with zero attached hydrogens (tertiary/aromatic N) is 1. The third-order valence-corrected chi connectivity index (χ3v) is 6.58. The Hall–Kier alpha value is -2.94. The third kappa shape index (κ3) is 4.62. The van der Waals surface area contributed by atoms with Crippen molar-refractivity contribution in [1.29, 1.82) is 0 Å². The number of ether oxygens (including phenoxy) is 1. The highest BCUT2D eigenvalue weighted by Gasteiger charge is 2.33. The quantitative estimate of drug-likeness (QED) is 0.530. The average molecular weight is 432 g/mol. The van der Waals surface area contributed by atoms with Crippen LogP contribution in [0.3, 0.4) is 0 Å². The molecular formula is C21H25N3O5S. The van der Waals surface area contributed by atoms with Crippen LogP contribution in [0, 0.1) is 21.4 Å². The van der Waals surface area contributed by atoms with Crippen LogP contribution in [-0.2, 0) is 17.6 Å². The molecule has 2 aromatic rings. The van der Waals surface area contributed by atoms with Gasteiger partial charge in [0.05, 0.1) is 10.5 Å². The number of carbonyl (C=O) groups excluding carboxylic acids is 2. The third-order valence-electron chi connectivity index (χ3n) is 5.41. The number of nitro benzene ring substituents is 1. The number of hydrogen-bond donors (Lipinski definition) is 2. The van der Waals surface area contributed by atoms with Crippen LogP contribution < -0.4 is 15.8 Å². The minimum absolute atomic E-state index is 0.00580. The zero-order valence-electron chi connectivity index (χ0n) is 17.2. The first-order chi connectivity index (χ1) is 14.1. The fraction of sp³-hybridized carbons (Fsp3) is 0.429. The molecule has 3 N–H and O–H groups in total. The van der Waals surface area contributed by atoms with E-state index in [1.54, 1.807) is 6.07 Å². The molecule has 9 heteroatoms. The molecule has 1 heterocycles. The number of hydrogen-bond acceptors (Lipinski definition) is 6. The minimum Gasteiger partial charge on any atom is -0.477 e. The number of carbonyl (C=O) groups is 2. The number of amides is 2. The van der Waals surface area contributed by atoms with Crippen LogP contribution in [0.25, 0.3) is 0 Å². The van der Waals surface area contributed by atoms with Gasteiger partial charge in [-0.2, -0.15) is 0 Å². The predicted molar refractivity (Wildman–Crippen MR) is 115 cm³/mol. The smallest absolute Gasteiger partial charge is 0.310 e. The van der Waals surface area contributed by atoms with Gasteiger partial charge in [-0.15, -0.1) is 11.3 Å². The molecule has 8 nitrogen and oxygen atoms in total. The molecule has 1 aromatic carbocycles. The molecule has 30 heavy (non-hydrogen) atoms. The summed E-state index contributed by atoms with van der Waals surface area (Å²) < 4.78 is 5.33. The number of nitrogens with two attached hydrogens (primary N) is 1. The monoisotopic (exact) mass is 431 g/mol. The van der Waals surface area contributed by atoms with Gasteiger partial charge in [0, 0.05) is 10.9 Å². The molecule has 0 fully saturated rings. The van der Waals surface area contributed by atoms with Crippen molar-refractivity contribution in [2.24, 2.45) is 17.1 Å². The zero-order valence-corrected chi connectivity index (χ0v) is 18.0. The second-order valence-electron chi connectivity index (χ2n) is 8.44. The zero-order chi connectivity index (χ0) is 22.1. The molecule has 160 valence electrons. The molecule has 0 radical (unpaired) electrons. The molecule has 2 amide bonds. The highest BCUT2D eigenvalue weighted by atomic mass is 32.1. The van der Waals surface area contributed by atoms with Crippen LogP contribution in [0.4, 0.5) is 10.7 Å². The summed E-state index contributed by atoms with van der Waals surface area (Å²) in [4.78, 5) is 36.1. The molecule has 0 saturated heterocycles. The lowest BCUT2D eigenvalue weighted by Crippen LogP contribution is -2.27. The Bertz CT molecular complexity index is 993. The van der Waals surface area contributed by atoms with Crippen molar-refractivity contribution >= 4 is 33.8 Å². The molecule has 0 saturated carbocycles. The Morgan fingerprint density at radius 2 is 2.03 bits per heavy atom. The number of benzene rings is 1. The van der Waals surface area contributed by atoms with Gasteiger partial charge in [0.15, 0.2) is 12.4 Å². The molecule has 1 atom stereocenters. The molecular weight excluding hydrogens is 406 g/mol. The molecule has 3 rings (SSSR count). The SMILES string of the molecule is CC(C)(C)C1CCc2c(sc(NC(=O)COc3ccccc3[N+](=O)[O-])c2C(N)=O)C1. The van der Waals surface area contributed by atoms with E-state index in [1.807, 2.05) is 0 Å². The van der Waals surface area contributed by atoms with Gasteiger partial charge in [-0.3, -0.25) is 19.7 Å². The fourth-order valence-electron chi connectivity index (χ4n) is 3.71. The van der Waals surface area contributed by atoms with Gasteiger partial charge in [0.25, 0.3) is 11.8 Å². The Labute approximate surface area is 178 Å². The van der Waals surface area contributed by atoms with Crippen LogP contribution in [0.15, 0.2) is 24.3 Å². The molecule has 0 bridgehead atoms. The standard InChI is InChI=1S/C21H25N3O5S/c1-21(2,3)12-8-9-13-16(10-12)30-20(18(13)19(22)26)23-17(25)11-29-15-7-5-4-6-14(15)24(27)28/h4-7,12H,8-11H2,1-3H3,(H2,22,26)(H,23,25). The number of fused-ring (bicyclic) bond motifs is 1. The number of primary amides is 1. The first-order valence-electron chi connectivity index (χ1n) is 9.68. The molecule has 1 aromatic heterocycles. The maximum Gasteiger partial charge on any atom is 0.310 e. The van der Waals surface area contributed by atoms with E-state index in [0.717, 1.165) is 29.7 Å². The van der Waals surface area contributed by atoms with Crippen molar-refractivity contribution < 1.29 is 19.2 Å². The summed E-state index contributed by atoms with van der Waals surface area (Å²) in [5.41, 5.74) is 6.82. The Balaban J connectivity index is 1.75. The summed E-state index contributed by atoms with van der Waals surface area (Å²) >= 11 is 1.37. The number of rotatable bonds is 6. The predicted octanol–water partition coefficient (Wildman–Crippen LogP) is 3.92. The summed E-state index contributed by atoms with van der Waals surface area (Å²) in [5.74, 6) is -0.598. The molecule has 1 unspecified atom stereocenters. The largest absolute Gasteiger partial charge is 0.477 e. The highest BCUT2D eigenvalue weighted by Crippen LogP contribution is 2.44. The van der Waals surface area contributed by atoms with Gasteiger partial charge in [-0.05, 0) is 42.2 Å². The van der Waals surface area contributed by atoms with E-state index in [4.69, 9.17) is 10.5 Å². The number of nitro groups is 1. The van der Waals surface area contributed by atoms with Gasteiger partial charge in [0.2, 0.25) is 0 Å². The lowest BCUT2D eigenvalue weighted by atomic mass is 9.72. The molecule has 1 aliphatic carbocycles. The first kappa shape index (κ1) is 21.8. The fourth-order valence-corrected chi connectivity index (χ4v) is 5.06. The molecule has 1 aliphatic rings. The molecule has 0 aliphatic heterocycles.